The zero-order chi connectivity index (χ0) is 20.3. The number of fused-ring (bicyclic) bond motifs is 1. The van der Waals surface area contributed by atoms with Crippen LogP contribution in [0.3, 0.4) is 0 Å². The second-order valence-corrected chi connectivity index (χ2v) is 7.18. The van der Waals surface area contributed by atoms with E-state index in [-0.39, 0.29) is 29.6 Å². The van der Waals surface area contributed by atoms with Crippen molar-refractivity contribution in [2.24, 2.45) is 0 Å². The number of anilines is 2. The van der Waals surface area contributed by atoms with Gasteiger partial charge in [0.1, 0.15) is 5.69 Å². The molecule has 0 aliphatic carbocycles. The van der Waals surface area contributed by atoms with Crippen molar-refractivity contribution in [3.05, 3.63) is 41.5 Å². The zero-order valence-electron chi connectivity index (χ0n) is 16.3. The lowest BCUT2D eigenvalue weighted by molar-refractivity contribution is -0.114. The van der Waals surface area contributed by atoms with Gasteiger partial charge < -0.3 is 20.5 Å². The molecule has 8 heteroatoms. The number of rotatable bonds is 5. The first-order chi connectivity index (χ1) is 13.3. The van der Waals surface area contributed by atoms with Crippen LogP contribution in [0.4, 0.5) is 11.4 Å². The summed E-state index contributed by atoms with van der Waals surface area (Å²) < 4.78 is 1.85. The number of hydrogen-bond acceptors (Lipinski definition) is 4. The van der Waals surface area contributed by atoms with Crippen LogP contribution in [0.25, 0.3) is 0 Å². The van der Waals surface area contributed by atoms with E-state index in [9.17, 15) is 14.4 Å². The molecule has 3 amide bonds. The Morgan fingerprint density at radius 1 is 1.00 bits per heavy atom. The molecule has 0 spiro atoms. The zero-order valence-corrected chi connectivity index (χ0v) is 16.3. The van der Waals surface area contributed by atoms with Crippen molar-refractivity contribution < 1.29 is 14.4 Å². The Labute approximate surface area is 163 Å². The molecule has 1 aliphatic rings. The second kappa shape index (κ2) is 8.24. The number of nitrogens with one attached hydrogen (secondary N) is 3. The van der Waals surface area contributed by atoms with E-state index < -0.39 is 0 Å². The normalized spacial score (nSPS) is 13.0. The Bertz CT molecular complexity index is 899. The number of hydrogen-bond donors (Lipinski definition) is 3. The van der Waals surface area contributed by atoms with Gasteiger partial charge >= 0.3 is 0 Å². The van der Waals surface area contributed by atoms with E-state index in [1.807, 2.05) is 18.4 Å². The summed E-state index contributed by atoms with van der Waals surface area (Å²) in [7, 11) is 0. The highest BCUT2D eigenvalue weighted by atomic mass is 16.2. The molecule has 0 bridgehead atoms. The minimum atomic E-state index is -0.362. The number of aromatic nitrogens is 2. The summed E-state index contributed by atoms with van der Waals surface area (Å²) in [6.07, 6.45) is 2.64. The van der Waals surface area contributed by atoms with E-state index in [1.165, 1.54) is 6.92 Å². The van der Waals surface area contributed by atoms with Crippen molar-refractivity contribution in [1.29, 1.82) is 0 Å². The molecule has 0 saturated heterocycles. The number of nitrogens with zero attached hydrogens (tertiary/aromatic N) is 2. The molecule has 8 nitrogen and oxygen atoms in total. The molecule has 1 aromatic carbocycles. The van der Waals surface area contributed by atoms with Crippen LogP contribution in [0, 0.1) is 0 Å². The second-order valence-electron chi connectivity index (χ2n) is 7.18. The van der Waals surface area contributed by atoms with Crippen LogP contribution in [-0.2, 0) is 17.8 Å². The maximum atomic E-state index is 12.8. The third-order valence-corrected chi connectivity index (χ3v) is 4.42. The third-order valence-electron chi connectivity index (χ3n) is 4.42. The Balaban J connectivity index is 1.82. The highest BCUT2D eigenvalue weighted by Crippen LogP contribution is 2.22. The quantitative estimate of drug-likeness (QED) is 0.738. The van der Waals surface area contributed by atoms with Crippen molar-refractivity contribution >= 4 is 29.1 Å². The van der Waals surface area contributed by atoms with E-state index in [0.717, 1.165) is 25.0 Å². The summed E-state index contributed by atoms with van der Waals surface area (Å²) >= 11 is 0. The van der Waals surface area contributed by atoms with Crippen LogP contribution < -0.4 is 16.0 Å². The lowest BCUT2D eigenvalue weighted by Crippen LogP contribution is -2.31. The maximum Gasteiger partial charge on any atom is 0.291 e. The smallest absolute Gasteiger partial charge is 0.291 e. The van der Waals surface area contributed by atoms with Crippen molar-refractivity contribution in [2.75, 3.05) is 10.6 Å². The SMILES string of the molecule is CC(=O)Nc1ccc(NC(=O)c2nc(C(=O)NC(C)C)c3n2CCCC3)cc1. The predicted octanol–water partition coefficient (Wildman–Crippen LogP) is 2.57. The summed E-state index contributed by atoms with van der Waals surface area (Å²) in [6.45, 7) is 5.88. The maximum absolute atomic E-state index is 12.8. The Kier molecular flexibility index (Phi) is 5.77. The molecule has 3 N–H and O–H groups in total. The van der Waals surface area contributed by atoms with Crippen LogP contribution in [0.1, 0.15) is 60.4 Å². The molecular formula is C20H25N5O3. The largest absolute Gasteiger partial charge is 0.348 e. The van der Waals surface area contributed by atoms with Gasteiger partial charge in [0.05, 0.1) is 5.69 Å². The molecule has 0 fully saturated rings. The van der Waals surface area contributed by atoms with E-state index in [1.54, 1.807) is 24.3 Å². The first-order valence-corrected chi connectivity index (χ1v) is 9.44. The Morgan fingerprint density at radius 3 is 2.25 bits per heavy atom. The fourth-order valence-corrected chi connectivity index (χ4v) is 3.26. The molecule has 0 saturated carbocycles. The van der Waals surface area contributed by atoms with Crippen LogP contribution in [0.5, 0.6) is 0 Å². The van der Waals surface area contributed by atoms with Crippen LogP contribution in [0.2, 0.25) is 0 Å². The summed E-state index contributed by atoms with van der Waals surface area (Å²) in [5, 5.41) is 8.34. The van der Waals surface area contributed by atoms with Gasteiger partial charge in [0.2, 0.25) is 5.91 Å². The van der Waals surface area contributed by atoms with E-state index in [2.05, 4.69) is 20.9 Å². The molecule has 0 radical (unpaired) electrons. The van der Waals surface area contributed by atoms with Crippen molar-refractivity contribution in [3.63, 3.8) is 0 Å². The van der Waals surface area contributed by atoms with Gasteiger partial charge in [-0.3, -0.25) is 14.4 Å². The van der Waals surface area contributed by atoms with E-state index in [0.29, 0.717) is 23.6 Å². The molecule has 2 heterocycles. The van der Waals surface area contributed by atoms with Gasteiger partial charge in [0.15, 0.2) is 5.82 Å². The molecule has 2 aromatic rings. The molecule has 28 heavy (non-hydrogen) atoms. The van der Waals surface area contributed by atoms with Crippen LogP contribution in [0.15, 0.2) is 24.3 Å². The van der Waals surface area contributed by atoms with E-state index in [4.69, 9.17) is 0 Å². The van der Waals surface area contributed by atoms with E-state index >= 15 is 0 Å². The van der Waals surface area contributed by atoms with Gasteiger partial charge in [-0.15, -0.1) is 0 Å². The summed E-state index contributed by atoms with van der Waals surface area (Å²) in [6, 6.07) is 6.82. The van der Waals surface area contributed by atoms with Crippen LogP contribution >= 0.6 is 0 Å². The summed E-state index contributed by atoms with van der Waals surface area (Å²) in [4.78, 5) is 40.8. The fourth-order valence-electron chi connectivity index (χ4n) is 3.26. The number of carbonyl (C=O) groups excluding carboxylic acids is 3. The molecule has 0 unspecified atom stereocenters. The average molecular weight is 383 g/mol. The lowest BCUT2D eigenvalue weighted by atomic mass is 10.1. The minimum absolute atomic E-state index is 0.00663. The van der Waals surface area contributed by atoms with Gasteiger partial charge in [-0.1, -0.05) is 0 Å². The van der Waals surface area contributed by atoms with Crippen molar-refractivity contribution in [2.45, 2.75) is 52.6 Å². The van der Waals surface area contributed by atoms with Gasteiger partial charge in [0, 0.05) is 30.9 Å². The third kappa shape index (κ3) is 4.39. The highest BCUT2D eigenvalue weighted by molar-refractivity contribution is 6.04. The summed E-state index contributed by atoms with van der Waals surface area (Å²) in [5.41, 5.74) is 2.38. The fraction of sp³-hybridized carbons (Fsp3) is 0.400. The Hall–Kier alpha value is -3.16. The van der Waals surface area contributed by atoms with Gasteiger partial charge in [-0.25, -0.2) is 4.98 Å². The van der Waals surface area contributed by atoms with Gasteiger partial charge in [0.25, 0.3) is 11.8 Å². The molecule has 1 aliphatic heterocycles. The molecule has 148 valence electrons. The topological polar surface area (TPSA) is 105 Å². The molecule has 3 rings (SSSR count). The highest BCUT2D eigenvalue weighted by Gasteiger charge is 2.27. The predicted molar refractivity (Wildman–Crippen MR) is 106 cm³/mol. The monoisotopic (exact) mass is 383 g/mol. The number of carbonyl (C=O) groups is 3. The first-order valence-electron chi connectivity index (χ1n) is 9.44. The number of benzene rings is 1. The lowest BCUT2D eigenvalue weighted by Gasteiger charge is -2.17. The number of imidazole rings is 1. The molecule has 1 aromatic heterocycles. The standard InChI is InChI=1S/C20H25N5O3/c1-12(2)21-19(27)17-16-6-4-5-11-25(16)18(24-17)20(28)23-15-9-7-14(8-10-15)22-13(3)26/h7-10,12H,4-6,11H2,1-3H3,(H,21,27)(H,22,26)(H,23,28). The van der Waals surface area contributed by atoms with Gasteiger partial charge in [-0.2, -0.15) is 0 Å². The summed E-state index contributed by atoms with van der Waals surface area (Å²) in [5.74, 6) is -0.527. The number of amides is 3. The average Bonchev–Trinajstić information content (AvgIpc) is 3.02. The van der Waals surface area contributed by atoms with Crippen LogP contribution in [-0.4, -0.2) is 33.3 Å². The minimum Gasteiger partial charge on any atom is -0.348 e. The van der Waals surface area contributed by atoms with Gasteiger partial charge in [-0.05, 0) is 57.4 Å². The molecular weight excluding hydrogens is 358 g/mol. The first kappa shape index (κ1) is 19.6. The van der Waals surface area contributed by atoms with Crippen molar-refractivity contribution in [1.82, 2.24) is 14.9 Å². The molecule has 0 atom stereocenters. The Morgan fingerprint density at radius 2 is 1.64 bits per heavy atom. The van der Waals surface area contributed by atoms with Crippen molar-refractivity contribution in [3.8, 4) is 0 Å².